The summed E-state index contributed by atoms with van der Waals surface area (Å²) in [5, 5.41) is 0. The Kier molecular flexibility index (Phi) is 3.09. The SMILES string of the molecule is CC(C)OC(=O)C1C=CCC=C1. The van der Waals surface area contributed by atoms with Gasteiger partial charge in [-0.25, -0.2) is 0 Å². The molecule has 0 aromatic carbocycles. The molecule has 0 atom stereocenters. The fourth-order valence-corrected chi connectivity index (χ4v) is 1.06. The Balaban J connectivity index is 2.46. The fraction of sp³-hybridized carbons (Fsp3) is 0.500. The molecule has 0 aromatic rings. The zero-order valence-electron chi connectivity index (χ0n) is 7.49. The minimum atomic E-state index is -0.166. The number of carbonyl (C=O) groups is 1. The van der Waals surface area contributed by atoms with E-state index < -0.39 is 0 Å². The molecule has 0 bridgehead atoms. The molecular formula is C10H14O2. The highest BCUT2D eigenvalue weighted by Crippen LogP contribution is 2.11. The van der Waals surface area contributed by atoms with E-state index in [2.05, 4.69) is 0 Å². The molecule has 1 rings (SSSR count). The molecule has 0 N–H and O–H groups in total. The monoisotopic (exact) mass is 166 g/mol. The van der Waals surface area contributed by atoms with Gasteiger partial charge in [-0.3, -0.25) is 4.79 Å². The van der Waals surface area contributed by atoms with Gasteiger partial charge in [0.15, 0.2) is 0 Å². The van der Waals surface area contributed by atoms with Crippen LogP contribution in [0.3, 0.4) is 0 Å². The number of allylic oxidation sites excluding steroid dienone is 2. The molecule has 0 saturated carbocycles. The van der Waals surface area contributed by atoms with Gasteiger partial charge in [-0.1, -0.05) is 24.3 Å². The Morgan fingerprint density at radius 2 is 2.00 bits per heavy atom. The van der Waals surface area contributed by atoms with Crippen molar-refractivity contribution >= 4 is 5.97 Å². The summed E-state index contributed by atoms with van der Waals surface area (Å²) in [6.45, 7) is 3.71. The van der Waals surface area contributed by atoms with E-state index in [0.29, 0.717) is 0 Å². The van der Waals surface area contributed by atoms with Gasteiger partial charge in [-0.05, 0) is 20.3 Å². The Morgan fingerprint density at radius 1 is 1.42 bits per heavy atom. The summed E-state index contributed by atoms with van der Waals surface area (Å²) in [6.07, 6.45) is 8.61. The number of rotatable bonds is 2. The second-order valence-corrected chi connectivity index (χ2v) is 3.10. The number of hydrogen-bond acceptors (Lipinski definition) is 2. The largest absolute Gasteiger partial charge is 0.462 e. The standard InChI is InChI=1S/C10H14O2/c1-8(2)12-10(11)9-6-4-3-5-7-9/h4-9H,3H2,1-2H3. The summed E-state index contributed by atoms with van der Waals surface area (Å²) in [6, 6.07) is 0. The normalized spacial score (nSPS) is 16.9. The first-order valence-corrected chi connectivity index (χ1v) is 4.24. The van der Waals surface area contributed by atoms with Crippen molar-refractivity contribution in [3.8, 4) is 0 Å². The van der Waals surface area contributed by atoms with Crippen LogP contribution in [0.1, 0.15) is 20.3 Å². The molecule has 1 aliphatic rings. The van der Waals surface area contributed by atoms with Gasteiger partial charge in [0.1, 0.15) is 0 Å². The molecule has 66 valence electrons. The van der Waals surface area contributed by atoms with Crippen molar-refractivity contribution < 1.29 is 9.53 Å². The van der Waals surface area contributed by atoms with E-state index in [4.69, 9.17) is 4.74 Å². The van der Waals surface area contributed by atoms with Gasteiger partial charge >= 0.3 is 5.97 Å². The maximum Gasteiger partial charge on any atom is 0.316 e. The van der Waals surface area contributed by atoms with Gasteiger partial charge in [0, 0.05) is 0 Å². The molecule has 0 spiro atoms. The van der Waals surface area contributed by atoms with Crippen LogP contribution in [0.2, 0.25) is 0 Å². The van der Waals surface area contributed by atoms with E-state index >= 15 is 0 Å². The van der Waals surface area contributed by atoms with Crippen LogP contribution in [0.25, 0.3) is 0 Å². The van der Waals surface area contributed by atoms with Crippen LogP contribution in [-0.2, 0) is 9.53 Å². The molecule has 2 heteroatoms. The third kappa shape index (κ3) is 2.53. The first kappa shape index (κ1) is 9.04. The van der Waals surface area contributed by atoms with Crippen LogP contribution in [0.15, 0.2) is 24.3 Å². The van der Waals surface area contributed by atoms with Gasteiger partial charge in [0.05, 0.1) is 12.0 Å². The predicted octanol–water partition coefficient (Wildman–Crippen LogP) is 2.07. The maximum absolute atomic E-state index is 11.3. The van der Waals surface area contributed by atoms with Gasteiger partial charge in [0.2, 0.25) is 0 Å². The van der Waals surface area contributed by atoms with Crippen molar-refractivity contribution in [2.24, 2.45) is 5.92 Å². The lowest BCUT2D eigenvalue weighted by molar-refractivity contribution is -0.149. The highest BCUT2D eigenvalue weighted by molar-refractivity contribution is 5.77. The van der Waals surface area contributed by atoms with E-state index in [1.54, 1.807) is 0 Å². The van der Waals surface area contributed by atoms with E-state index in [1.165, 1.54) is 0 Å². The van der Waals surface area contributed by atoms with Crippen molar-refractivity contribution in [1.82, 2.24) is 0 Å². The minimum Gasteiger partial charge on any atom is -0.462 e. The quantitative estimate of drug-likeness (QED) is 0.463. The summed E-state index contributed by atoms with van der Waals surface area (Å²) < 4.78 is 5.05. The Hall–Kier alpha value is -1.05. The van der Waals surface area contributed by atoms with E-state index in [9.17, 15) is 4.79 Å². The molecule has 0 amide bonds. The second-order valence-electron chi connectivity index (χ2n) is 3.10. The van der Waals surface area contributed by atoms with Gasteiger partial charge < -0.3 is 4.74 Å². The third-order valence-corrected chi connectivity index (χ3v) is 1.58. The van der Waals surface area contributed by atoms with E-state index in [0.717, 1.165) is 6.42 Å². The topological polar surface area (TPSA) is 26.3 Å². The molecule has 0 heterocycles. The summed E-state index contributed by atoms with van der Waals surface area (Å²) >= 11 is 0. The average molecular weight is 166 g/mol. The third-order valence-electron chi connectivity index (χ3n) is 1.58. The lowest BCUT2D eigenvalue weighted by Gasteiger charge is -2.12. The Labute approximate surface area is 72.9 Å². The summed E-state index contributed by atoms with van der Waals surface area (Å²) in [5.41, 5.74) is 0. The van der Waals surface area contributed by atoms with Gasteiger partial charge in [0.25, 0.3) is 0 Å². The van der Waals surface area contributed by atoms with Crippen molar-refractivity contribution in [2.75, 3.05) is 0 Å². The first-order valence-electron chi connectivity index (χ1n) is 4.24. The molecule has 0 saturated heterocycles. The van der Waals surface area contributed by atoms with Crippen molar-refractivity contribution in [2.45, 2.75) is 26.4 Å². The molecule has 1 aliphatic carbocycles. The number of esters is 1. The Morgan fingerprint density at radius 3 is 2.50 bits per heavy atom. The highest BCUT2D eigenvalue weighted by atomic mass is 16.5. The molecule has 0 unspecified atom stereocenters. The molecule has 0 aromatic heterocycles. The van der Waals surface area contributed by atoms with Crippen LogP contribution in [0.4, 0.5) is 0 Å². The number of hydrogen-bond donors (Lipinski definition) is 0. The Bertz CT molecular complexity index is 202. The van der Waals surface area contributed by atoms with Crippen molar-refractivity contribution in [3.05, 3.63) is 24.3 Å². The fourth-order valence-electron chi connectivity index (χ4n) is 1.06. The maximum atomic E-state index is 11.3. The lowest BCUT2D eigenvalue weighted by atomic mass is 10.0. The average Bonchev–Trinajstić information content (AvgIpc) is 2.05. The van der Waals surface area contributed by atoms with Crippen LogP contribution in [-0.4, -0.2) is 12.1 Å². The van der Waals surface area contributed by atoms with Crippen LogP contribution >= 0.6 is 0 Å². The smallest absolute Gasteiger partial charge is 0.316 e. The van der Waals surface area contributed by atoms with Crippen LogP contribution < -0.4 is 0 Å². The van der Waals surface area contributed by atoms with Crippen molar-refractivity contribution in [3.63, 3.8) is 0 Å². The minimum absolute atomic E-state index is 0.0266. The van der Waals surface area contributed by atoms with Gasteiger partial charge in [-0.2, -0.15) is 0 Å². The zero-order chi connectivity index (χ0) is 8.97. The lowest BCUT2D eigenvalue weighted by Crippen LogP contribution is -2.18. The van der Waals surface area contributed by atoms with E-state index in [-0.39, 0.29) is 18.0 Å². The molecule has 12 heavy (non-hydrogen) atoms. The van der Waals surface area contributed by atoms with Crippen molar-refractivity contribution in [1.29, 1.82) is 0 Å². The summed E-state index contributed by atoms with van der Waals surface area (Å²) in [4.78, 5) is 11.3. The second kappa shape index (κ2) is 4.10. The van der Waals surface area contributed by atoms with Gasteiger partial charge in [-0.15, -0.1) is 0 Å². The molecular weight excluding hydrogens is 152 g/mol. The highest BCUT2D eigenvalue weighted by Gasteiger charge is 2.15. The summed E-state index contributed by atoms with van der Waals surface area (Å²) in [7, 11) is 0. The number of carbonyl (C=O) groups excluding carboxylic acids is 1. The summed E-state index contributed by atoms with van der Waals surface area (Å²) in [5.74, 6) is -0.321. The first-order chi connectivity index (χ1) is 5.70. The zero-order valence-corrected chi connectivity index (χ0v) is 7.49. The number of ether oxygens (including phenoxy) is 1. The molecule has 0 fully saturated rings. The van der Waals surface area contributed by atoms with E-state index in [1.807, 2.05) is 38.2 Å². The predicted molar refractivity (Wildman–Crippen MR) is 47.6 cm³/mol. The van der Waals surface area contributed by atoms with Crippen LogP contribution in [0, 0.1) is 5.92 Å². The molecule has 2 nitrogen and oxygen atoms in total. The molecule has 0 radical (unpaired) electrons. The van der Waals surface area contributed by atoms with Crippen LogP contribution in [0.5, 0.6) is 0 Å². The molecule has 0 aliphatic heterocycles.